The number of Topliss-reactive ketones (excluding diaryl/α,β-unsaturated/α-hetero) is 1. The molecule has 114 valence electrons. The standard InChI is InChI=1S/C15H26N2O2S/c1-8(2)7-17-15-13(19-10(5)6)11(16)14(20-15)12(18)9(3)4/h8-10,17H,7,16H2,1-6H3. The van der Waals surface area contributed by atoms with Crippen LogP contribution >= 0.6 is 11.3 Å². The van der Waals surface area contributed by atoms with Gasteiger partial charge in [-0.1, -0.05) is 27.7 Å². The number of hydrogen-bond acceptors (Lipinski definition) is 5. The second-order valence-electron chi connectivity index (χ2n) is 5.96. The smallest absolute Gasteiger partial charge is 0.177 e. The molecule has 0 spiro atoms. The molecule has 0 fully saturated rings. The molecule has 0 aliphatic rings. The molecule has 0 unspecified atom stereocenters. The van der Waals surface area contributed by atoms with Gasteiger partial charge in [0.25, 0.3) is 0 Å². The molecule has 0 aliphatic heterocycles. The van der Waals surface area contributed by atoms with E-state index in [1.165, 1.54) is 11.3 Å². The lowest BCUT2D eigenvalue weighted by Gasteiger charge is -2.13. The zero-order chi connectivity index (χ0) is 15.4. The van der Waals surface area contributed by atoms with Crippen molar-refractivity contribution in [3.8, 4) is 5.75 Å². The van der Waals surface area contributed by atoms with Crippen LogP contribution in [0.2, 0.25) is 0 Å². The van der Waals surface area contributed by atoms with Crippen LogP contribution in [0.5, 0.6) is 5.75 Å². The Morgan fingerprint density at radius 2 is 1.85 bits per heavy atom. The number of hydrogen-bond donors (Lipinski definition) is 2. The number of ether oxygens (including phenoxy) is 1. The average Bonchev–Trinajstić information content (AvgIpc) is 2.63. The van der Waals surface area contributed by atoms with Gasteiger partial charge in [0.1, 0.15) is 5.00 Å². The molecule has 1 aromatic heterocycles. The topological polar surface area (TPSA) is 64.4 Å². The molecule has 0 saturated carbocycles. The lowest BCUT2D eigenvalue weighted by Crippen LogP contribution is -2.11. The van der Waals surface area contributed by atoms with Crippen molar-refractivity contribution in [2.75, 3.05) is 17.6 Å². The maximum Gasteiger partial charge on any atom is 0.177 e. The molecule has 20 heavy (non-hydrogen) atoms. The summed E-state index contributed by atoms with van der Waals surface area (Å²) < 4.78 is 5.79. The van der Waals surface area contributed by atoms with Gasteiger partial charge in [-0.3, -0.25) is 4.79 Å². The Morgan fingerprint density at radius 3 is 2.30 bits per heavy atom. The number of nitrogens with one attached hydrogen (secondary N) is 1. The highest BCUT2D eigenvalue weighted by Gasteiger charge is 2.24. The molecule has 0 radical (unpaired) electrons. The average molecular weight is 298 g/mol. The number of rotatable bonds is 7. The molecule has 0 atom stereocenters. The summed E-state index contributed by atoms with van der Waals surface area (Å²) in [5, 5.41) is 4.19. The fraction of sp³-hybridized carbons (Fsp3) is 0.667. The van der Waals surface area contributed by atoms with E-state index in [0.717, 1.165) is 11.5 Å². The molecule has 1 aromatic rings. The number of carbonyl (C=O) groups is 1. The Bertz CT molecular complexity index is 465. The van der Waals surface area contributed by atoms with E-state index in [9.17, 15) is 4.79 Å². The second-order valence-corrected chi connectivity index (χ2v) is 6.98. The van der Waals surface area contributed by atoms with Crippen LogP contribution in [-0.2, 0) is 0 Å². The Kier molecular flexibility index (Phi) is 5.87. The lowest BCUT2D eigenvalue weighted by atomic mass is 10.1. The maximum absolute atomic E-state index is 12.2. The van der Waals surface area contributed by atoms with Gasteiger partial charge in [0.2, 0.25) is 0 Å². The van der Waals surface area contributed by atoms with Crippen LogP contribution in [0.4, 0.5) is 10.7 Å². The number of anilines is 2. The summed E-state index contributed by atoms with van der Waals surface area (Å²) >= 11 is 1.40. The van der Waals surface area contributed by atoms with Gasteiger partial charge < -0.3 is 15.8 Å². The summed E-state index contributed by atoms with van der Waals surface area (Å²) in [6, 6.07) is 0. The molecular weight excluding hydrogens is 272 g/mol. The third-order valence-corrected chi connectivity index (χ3v) is 3.83. The summed E-state index contributed by atoms with van der Waals surface area (Å²) in [6.07, 6.45) is 0.0218. The highest BCUT2D eigenvalue weighted by molar-refractivity contribution is 7.19. The summed E-state index contributed by atoms with van der Waals surface area (Å²) in [5.41, 5.74) is 6.59. The fourth-order valence-corrected chi connectivity index (χ4v) is 2.79. The zero-order valence-electron chi connectivity index (χ0n) is 13.2. The number of nitrogen functional groups attached to an aromatic ring is 1. The minimum atomic E-state index is -0.0687. The molecule has 5 heteroatoms. The van der Waals surface area contributed by atoms with Gasteiger partial charge in [0, 0.05) is 12.5 Å². The van der Waals surface area contributed by atoms with E-state index >= 15 is 0 Å². The molecule has 0 aliphatic carbocycles. The minimum Gasteiger partial charge on any atom is -0.486 e. The quantitative estimate of drug-likeness (QED) is 0.746. The van der Waals surface area contributed by atoms with Crippen LogP contribution in [0.1, 0.15) is 51.2 Å². The summed E-state index contributed by atoms with van der Waals surface area (Å²) in [4.78, 5) is 12.8. The van der Waals surface area contributed by atoms with Gasteiger partial charge in [-0.05, 0) is 19.8 Å². The van der Waals surface area contributed by atoms with Gasteiger partial charge in [-0.25, -0.2) is 0 Å². The number of ketones is 1. The predicted octanol–water partition coefficient (Wildman–Crippen LogP) is 4.02. The monoisotopic (exact) mass is 298 g/mol. The molecule has 0 saturated heterocycles. The summed E-state index contributed by atoms with van der Waals surface area (Å²) in [7, 11) is 0. The van der Waals surface area contributed by atoms with Gasteiger partial charge >= 0.3 is 0 Å². The summed E-state index contributed by atoms with van der Waals surface area (Å²) in [5.74, 6) is 1.13. The third-order valence-electron chi connectivity index (χ3n) is 2.67. The fourth-order valence-electron chi connectivity index (χ4n) is 1.64. The van der Waals surface area contributed by atoms with Crippen LogP contribution in [0.3, 0.4) is 0 Å². The predicted molar refractivity (Wildman–Crippen MR) is 87.0 cm³/mol. The van der Waals surface area contributed by atoms with Crippen molar-refractivity contribution in [1.82, 2.24) is 0 Å². The lowest BCUT2D eigenvalue weighted by molar-refractivity contribution is 0.0944. The van der Waals surface area contributed by atoms with Gasteiger partial charge in [0.05, 0.1) is 16.7 Å². The normalized spacial score (nSPS) is 11.4. The van der Waals surface area contributed by atoms with Crippen molar-refractivity contribution in [1.29, 1.82) is 0 Å². The molecule has 0 amide bonds. The largest absolute Gasteiger partial charge is 0.486 e. The highest BCUT2D eigenvalue weighted by Crippen LogP contribution is 2.44. The Morgan fingerprint density at radius 1 is 1.25 bits per heavy atom. The van der Waals surface area contributed by atoms with Crippen molar-refractivity contribution in [3.63, 3.8) is 0 Å². The number of thiophene rings is 1. The van der Waals surface area contributed by atoms with Gasteiger partial charge in [0.15, 0.2) is 11.5 Å². The number of carbonyl (C=O) groups excluding carboxylic acids is 1. The van der Waals surface area contributed by atoms with Crippen molar-refractivity contribution in [2.45, 2.75) is 47.6 Å². The van der Waals surface area contributed by atoms with E-state index in [1.807, 2.05) is 27.7 Å². The van der Waals surface area contributed by atoms with Gasteiger partial charge in [-0.15, -0.1) is 11.3 Å². The van der Waals surface area contributed by atoms with Gasteiger partial charge in [-0.2, -0.15) is 0 Å². The molecule has 4 nitrogen and oxygen atoms in total. The highest BCUT2D eigenvalue weighted by atomic mass is 32.1. The van der Waals surface area contributed by atoms with Crippen molar-refractivity contribution >= 4 is 27.8 Å². The van der Waals surface area contributed by atoms with E-state index in [2.05, 4.69) is 19.2 Å². The molecule has 0 aromatic carbocycles. The first-order valence-electron chi connectivity index (χ1n) is 7.11. The minimum absolute atomic E-state index is 0.0218. The third kappa shape index (κ3) is 4.13. The van der Waals surface area contributed by atoms with E-state index < -0.39 is 0 Å². The second kappa shape index (κ2) is 6.97. The molecular formula is C15H26N2O2S. The molecule has 0 bridgehead atoms. The van der Waals surface area contributed by atoms with E-state index in [0.29, 0.717) is 22.2 Å². The van der Waals surface area contributed by atoms with Crippen LogP contribution in [0, 0.1) is 11.8 Å². The van der Waals surface area contributed by atoms with Crippen LogP contribution in [-0.4, -0.2) is 18.4 Å². The first kappa shape index (κ1) is 16.8. The van der Waals surface area contributed by atoms with Crippen molar-refractivity contribution in [3.05, 3.63) is 4.88 Å². The Hall–Kier alpha value is -1.23. The number of nitrogens with two attached hydrogens (primary N) is 1. The van der Waals surface area contributed by atoms with Crippen LogP contribution < -0.4 is 15.8 Å². The van der Waals surface area contributed by atoms with E-state index in [-0.39, 0.29) is 17.8 Å². The maximum atomic E-state index is 12.2. The first-order valence-corrected chi connectivity index (χ1v) is 7.92. The zero-order valence-corrected chi connectivity index (χ0v) is 14.1. The van der Waals surface area contributed by atoms with Crippen molar-refractivity contribution in [2.24, 2.45) is 11.8 Å². The Balaban J connectivity index is 3.13. The SMILES string of the molecule is CC(C)CNc1sc(C(=O)C(C)C)c(N)c1OC(C)C. The molecule has 3 N–H and O–H groups in total. The molecule has 1 rings (SSSR count). The molecule has 1 heterocycles. The van der Waals surface area contributed by atoms with E-state index in [1.54, 1.807) is 0 Å². The van der Waals surface area contributed by atoms with Crippen LogP contribution in [0.25, 0.3) is 0 Å². The first-order chi connectivity index (χ1) is 9.23. The van der Waals surface area contributed by atoms with Crippen molar-refractivity contribution < 1.29 is 9.53 Å². The summed E-state index contributed by atoms with van der Waals surface area (Å²) in [6.45, 7) is 12.8. The Labute approximate surface area is 125 Å². The van der Waals surface area contributed by atoms with Crippen LogP contribution in [0.15, 0.2) is 0 Å². The van der Waals surface area contributed by atoms with E-state index in [4.69, 9.17) is 10.5 Å².